The molecule has 2 aromatic heterocycles. The van der Waals surface area contributed by atoms with Gasteiger partial charge in [0.25, 0.3) is 0 Å². The number of piperidine rings is 1. The van der Waals surface area contributed by atoms with Crippen molar-refractivity contribution in [2.24, 2.45) is 5.92 Å². The third kappa shape index (κ3) is 2.41. The minimum atomic E-state index is -0.00390. The molecule has 0 aromatic carbocycles. The Morgan fingerprint density at radius 1 is 1.37 bits per heavy atom. The lowest BCUT2D eigenvalue weighted by Crippen LogP contribution is -2.35. The third-order valence-electron chi connectivity index (χ3n) is 3.41. The molecule has 0 radical (unpaired) electrons. The second-order valence-electron chi connectivity index (χ2n) is 4.75. The van der Waals surface area contributed by atoms with E-state index in [4.69, 9.17) is 0 Å². The summed E-state index contributed by atoms with van der Waals surface area (Å²) in [5.74, 6) is 0.372. The van der Waals surface area contributed by atoms with Crippen molar-refractivity contribution in [3.05, 3.63) is 12.0 Å². The first-order chi connectivity index (χ1) is 9.24. The molecule has 0 unspecified atom stereocenters. The predicted octanol–water partition coefficient (Wildman–Crippen LogP) is 0.599. The first-order valence-corrected chi connectivity index (χ1v) is 6.43. The average Bonchev–Trinajstić information content (AvgIpc) is 2.88. The summed E-state index contributed by atoms with van der Waals surface area (Å²) in [6.07, 6.45) is 3.29. The highest BCUT2D eigenvalue weighted by atomic mass is 16.2. The van der Waals surface area contributed by atoms with E-state index in [2.05, 4.69) is 30.6 Å². The molecule has 0 atom stereocenters. The standard InChI is InChI=1S/C12H16N6O/c1-7-9-10(15-6-14-9)17-12(16-7)18-11(19)8-2-4-13-5-3-8/h6,8,13H,2-5H2,1H3,(H2,14,15,16,17,18,19). The minimum Gasteiger partial charge on any atom is -0.342 e. The SMILES string of the molecule is Cc1nc(NC(=O)C2CCNCC2)nc2nc[nH]c12. The fourth-order valence-electron chi connectivity index (χ4n) is 2.33. The number of carbonyl (C=O) groups excluding carboxylic acids is 1. The number of hydrogen-bond donors (Lipinski definition) is 3. The number of aromatic amines is 1. The maximum Gasteiger partial charge on any atom is 0.231 e. The highest BCUT2D eigenvalue weighted by molar-refractivity contribution is 5.91. The van der Waals surface area contributed by atoms with Gasteiger partial charge in [0.2, 0.25) is 11.9 Å². The van der Waals surface area contributed by atoms with Crippen molar-refractivity contribution >= 4 is 23.0 Å². The maximum absolute atomic E-state index is 12.1. The molecule has 1 amide bonds. The Morgan fingerprint density at radius 2 is 2.16 bits per heavy atom. The lowest BCUT2D eigenvalue weighted by atomic mass is 9.97. The van der Waals surface area contributed by atoms with Gasteiger partial charge >= 0.3 is 0 Å². The average molecular weight is 260 g/mol. The van der Waals surface area contributed by atoms with Gasteiger partial charge in [-0.25, -0.2) is 9.97 Å². The summed E-state index contributed by atoms with van der Waals surface area (Å²) >= 11 is 0. The zero-order chi connectivity index (χ0) is 13.2. The molecule has 2 aromatic rings. The molecule has 3 N–H and O–H groups in total. The van der Waals surface area contributed by atoms with E-state index in [1.165, 1.54) is 0 Å². The molecule has 0 saturated carbocycles. The molecule has 19 heavy (non-hydrogen) atoms. The first kappa shape index (κ1) is 12.0. The molecule has 100 valence electrons. The lowest BCUT2D eigenvalue weighted by molar-refractivity contribution is -0.120. The zero-order valence-electron chi connectivity index (χ0n) is 10.7. The van der Waals surface area contributed by atoms with Crippen LogP contribution in [0.15, 0.2) is 6.33 Å². The van der Waals surface area contributed by atoms with Crippen LogP contribution >= 0.6 is 0 Å². The number of fused-ring (bicyclic) bond motifs is 1. The molecule has 3 heterocycles. The Hall–Kier alpha value is -2.02. The molecule has 0 bridgehead atoms. The van der Waals surface area contributed by atoms with Crippen LogP contribution in [0.5, 0.6) is 0 Å². The fraction of sp³-hybridized carbons (Fsp3) is 0.500. The Bertz CT molecular complexity index is 601. The van der Waals surface area contributed by atoms with Crippen LogP contribution in [0.4, 0.5) is 5.95 Å². The van der Waals surface area contributed by atoms with Crippen molar-refractivity contribution in [1.82, 2.24) is 25.3 Å². The number of nitrogens with zero attached hydrogens (tertiary/aromatic N) is 3. The summed E-state index contributed by atoms with van der Waals surface area (Å²) in [5.41, 5.74) is 2.16. The van der Waals surface area contributed by atoms with E-state index in [0.29, 0.717) is 11.6 Å². The Kier molecular flexibility index (Phi) is 3.12. The van der Waals surface area contributed by atoms with Crippen molar-refractivity contribution in [1.29, 1.82) is 0 Å². The molecule has 0 spiro atoms. The Balaban J connectivity index is 1.78. The highest BCUT2D eigenvalue weighted by Crippen LogP contribution is 2.16. The fourth-order valence-corrected chi connectivity index (χ4v) is 2.33. The van der Waals surface area contributed by atoms with Crippen LogP contribution in [-0.2, 0) is 4.79 Å². The van der Waals surface area contributed by atoms with Crippen LogP contribution in [-0.4, -0.2) is 38.9 Å². The van der Waals surface area contributed by atoms with Crippen LogP contribution < -0.4 is 10.6 Å². The summed E-state index contributed by atoms with van der Waals surface area (Å²) in [7, 11) is 0. The number of aryl methyl sites for hydroxylation is 1. The van der Waals surface area contributed by atoms with Gasteiger partial charge in [-0.3, -0.25) is 10.1 Å². The zero-order valence-corrected chi connectivity index (χ0v) is 10.7. The second kappa shape index (κ2) is 4.93. The van der Waals surface area contributed by atoms with E-state index < -0.39 is 0 Å². The number of imidazole rings is 1. The first-order valence-electron chi connectivity index (χ1n) is 6.43. The normalized spacial score (nSPS) is 16.7. The van der Waals surface area contributed by atoms with Crippen LogP contribution in [0.25, 0.3) is 11.2 Å². The van der Waals surface area contributed by atoms with Crippen LogP contribution in [0.1, 0.15) is 18.5 Å². The number of nitrogens with one attached hydrogen (secondary N) is 3. The number of aromatic nitrogens is 4. The number of hydrogen-bond acceptors (Lipinski definition) is 5. The van der Waals surface area contributed by atoms with Gasteiger partial charge < -0.3 is 10.3 Å². The summed E-state index contributed by atoms with van der Waals surface area (Å²) in [4.78, 5) is 27.7. The molecular weight excluding hydrogens is 244 g/mol. The number of amides is 1. The largest absolute Gasteiger partial charge is 0.342 e. The lowest BCUT2D eigenvalue weighted by Gasteiger charge is -2.21. The van der Waals surface area contributed by atoms with E-state index in [0.717, 1.165) is 37.1 Å². The second-order valence-corrected chi connectivity index (χ2v) is 4.75. The van der Waals surface area contributed by atoms with Gasteiger partial charge in [0.1, 0.15) is 5.52 Å². The molecule has 1 saturated heterocycles. The van der Waals surface area contributed by atoms with E-state index in [9.17, 15) is 4.79 Å². The van der Waals surface area contributed by atoms with Gasteiger partial charge in [-0.2, -0.15) is 4.98 Å². The van der Waals surface area contributed by atoms with Crippen molar-refractivity contribution in [2.45, 2.75) is 19.8 Å². The topological polar surface area (TPSA) is 95.6 Å². The maximum atomic E-state index is 12.1. The van der Waals surface area contributed by atoms with E-state index in [1.54, 1.807) is 6.33 Å². The summed E-state index contributed by atoms with van der Waals surface area (Å²) < 4.78 is 0. The van der Waals surface area contributed by atoms with Crippen LogP contribution in [0.3, 0.4) is 0 Å². The molecule has 0 aliphatic carbocycles. The van der Waals surface area contributed by atoms with E-state index >= 15 is 0 Å². The molecular formula is C12H16N6O. The number of H-pyrrole nitrogens is 1. The van der Waals surface area contributed by atoms with Crippen LogP contribution in [0.2, 0.25) is 0 Å². The number of anilines is 1. The van der Waals surface area contributed by atoms with Crippen molar-refractivity contribution in [3.63, 3.8) is 0 Å². The molecule has 1 aliphatic rings. The molecule has 1 fully saturated rings. The van der Waals surface area contributed by atoms with Gasteiger partial charge in [-0.15, -0.1) is 0 Å². The molecule has 7 nitrogen and oxygen atoms in total. The Morgan fingerprint density at radius 3 is 2.95 bits per heavy atom. The van der Waals surface area contributed by atoms with Crippen molar-refractivity contribution in [2.75, 3.05) is 18.4 Å². The van der Waals surface area contributed by atoms with Gasteiger partial charge in [0, 0.05) is 5.92 Å². The molecule has 3 rings (SSSR count). The predicted molar refractivity (Wildman–Crippen MR) is 70.6 cm³/mol. The smallest absolute Gasteiger partial charge is 0.231 e. The summed E-state index contributed by atoms with van der Waals surface area (Å²) in [5, 5.41) is 6.03. The van der Waals surface area contributed by atoms with Crippen LogP contribution in [0, 0.1) is 12.8 Å². The molecule has 1 aliphatic heterocycles. The van der Waals surface area contributed by atoms with E-state index in [1.807, 2.05) is 6.92 Å². The van der Waals surface area contributed by atoms with Crippen molar-refractivity contribution in [3.8, 4) is 0 Å². The van der Waals surface area contributed by atoms with Gasteiger partial charge in [-0.05, 0) is 32.9 Å². The number of rotatable bonds is 2. The third-order valence-corrected chi connectivity index (χ3v) is 3.41. The highest BCUT2D eigenvalue weighted by Gasteiger charge is 2.21. The summed E-state index contributed by atoms with van der Waals surface area (Å²) in [6.45, 7) is 3.63. The Labute approximate surface area is 110 Å². The van der Waals surface area contributed by atoms with E-state index in [-0.39, 0.29) is 11.8 Å². The van der Waals surface area contributed by atoms with Gasteiger partial charge in [-0.1, -0.05) is 0 Å². The van der Waals surface area contributed by atoms with Gasteiger partial charge in [0.05, 0.1) is 12.0 Å². The summed E-state index contributed by atoms with van der Waals surface area (Å²) in [6, 6.07) is 0. The van der Waals surface area contributed by atoms with Crippen molar-refractivity contribution < 1.29 is 4.79 Å². The molecule has 7 heteroatoms. The minimum absolute atomic E-state index is 0.00390. The monoisotopic (exact) mass is 260 g/mol. The quantitative estimate of drug-likeness (QED) is 0.735. The number of carbonyl (C=O) groups is 1. The van der Waals surface area contributed by atoms with Gasteiger partial charge in [0.15, 0.2) is 5.65 Å².